The second-order valence-electron chi connectivity index (χ2n) is 8.65. The highest BCUT2D eigenvalue weighted by Crippen LogP contribution is 2.34. The molecule has 0 unspecified atom stereocenters. The molecule has 1 N–H and O–H groups in total. The van der Waals surface area contributed by atoms with Crippen LogP contribution in [0.4, 0.5) is 5.69 Å². The van der Waals surface area contributed by atoms with Crippen molar-refractivity contribution >= 4 is 29.3 Å². The third-order valence-electron chi connectivity index (χ3n) is 5.99. The van der Waals surface area contributed by atoms with Gasteiger partial charge in [0.2, 0.25) is 0 Å². The van der Waals surface area contributed by atoms with E-state index in [1.54, 1.807) is 30.2 Å². The fraction of sp³-hybridized carbons (Fsp3) is 0.375. The number of aromatic nitrogens is 4. The first kappa shape index (κ1) is 23.9. The van der Waals surface area contributed by atoms with Gasteiger partial charge in [-0.25, -0.2) is 0 Å². The molecule has 1 saturated heterocycles. The number of likely N-dealkylation sites (tertiary alicyclic amines) is 1. The van der Waals surface area contributed by atoms with Gasteiger partial charge in [-0.2, -0.15) is 0 Å². The number of carbonyl (C=O) groups is 2. The van der Waals surface area contributed by atoms with Crippen LogP contribution in [0.25, 0.3) is 0 Å². The van der Waals surface area contributed by atoms with Crippen LogP contribution in [0.3, 0.4) is 0 Å². The van der Waals surface area contributed by atoms with Gasteiger partial charge in [-0.15, -0.1) is 10.2 Å². The van der Waals surface area contributed by atoms with E-state index in [1.165, 1.54) is 6.20 Å². The molecule has 2 amide bonds. The highest BCUT2D eigenvalue weighted by atomic mass is 32.2. The van der Waals surface area contributed by atoms with Crippen molar-refractivity contribution in [1.29, 1.82) is 0 Å². The van der Waals surface area contributed by atoms with E-state index in [1.807, 2.05) is 54.9 Å². The number of nitrogens with zero attached hydrogens (tertiary/aromatic N) is 6. The maximum absolute atomic E-state index is 13.0. The Balaban J connectivity index is 1.43. The second-order valence-corrected chi connectivity index (χ2v) is 9.96. The Kier molecular flexibility index (Phi) is 7.28. The minimum atomic E-state index is -0.354. The SMILES string of the molecule is C[C@H](Sc1nncn1C)c1cccc(NC(=O)c2cc(C(=O)N3CC[C@H](N(C)C)C3)ccn2)c1. The van der Waals surface area contributed by atoms with E-state index < -0.39 is 0 Å². The summed E-state index contributed by atoms with van der Waals surface area (Å²) in [7, 11) is 5.96. The molecule has 1 fully saturated rings. The molecule has 2 aromatic heterocycles. The van der Waals surface area contributed by atoms with E-state index >= 15 is 0 Å². The minimum absolute atomic E-state index is 0.0718. The summed E-state index contributed by atoms with van der Waals surface area (Å²) < 4.78 is 1.87. The van der Waals surface area contributed by atoms with Crippen LogP contribution in [0.15, 0.2) is 54.1 Å². The Morgan fingerprint density at radius 3 is 2.76 bits per heavy atom. The van der Waals surface area contributed by atoms with Crippen molar-refractivity contribution < 1.29 is 9.59 Å². The standard InChI is InChI=1S/C24H29N7O2S/c1-16(34-24-28-26-15-30(24)4)17-6-5-7-19(12-17)27-22(32)21-13-18(8-10-25-21)23(33)31-11-9-20(14-31)29(2)3/h5-8,10,12-13,15-16,20H,9,11,14H2,1-4H3,(H,27,32)/t16-,20-/m0/s1. The number of pyridine rings is 1. The average molecular weight is 480 g/mol. The van der Waals surface area contributed by atoms with Crippen molar-refractivity contribution in [2.75, 3.05) is 32.5 Å². The van der Waals surface area contributed by atoms with Gasteiger partial charge in [0.15, 0.2) is 5.16 Å². The van der Waals surface area contributed by atoms with Gasteiger partial charge < -0.3 is 19.7 Å². The van der Waals surface area contributed by atoms with Crippen molar-refractivity contribution in [3.05, 3.63) is 65.7 Å². The summed E-state index contributed by atoms with van der Waals surface area (Å²) in [5.41, 5.74) is 2.40. The highest BCUT2D eigenvalue weighted by Gasteiger charge is 2.28. The fourth-order valence-corrected chi connectivity index (χ4v) is 4.79. The summed E-state index contributed by atoms with van der Waals surface area (Å²) in [5.74, 6) is -0.426. The number of anilines is 1. The number of rotatable bonds is 7. The number of amides is 2. The highest BCUT2D eigenvalue weighted by molar-refractivity contribution is 7.99. The number of hydrogen-bond donors (Lipinski definition) is 1. The van der Waals surface area contributed by atoms with Crippen molar-refractivity contribution in [2.45, 2.75) is 29.8 Å². The summed E-state index contributed by atoms with van der Waals surface area (Å²) in [6.45, 7) is 3.48. The molecular formula is C24H29N7O2S. The Morgan fingerprint density at radius 1 is 1.24 bits per heavy atom. The van der Waals surface area contributed by atoms with Crippen molar-refractivity contribution in [1.82, 2.24) is 29.5 Å². The number of benzene rings is 1. The van der Waals surface area contributed by atoms with Crippen molar-refractivity contribution in [3.8, 4) is 0 Å². The molecule has 0 saturated carbocycles. The van der Waals surface area contributed by atoms with Crippen molar-refractivity contribution in [2.24, 2.45) is 7.05 Å². The lowest BCUT2D eigenvalue weighted by Gasteiger charge is -2.20. The van der Waals surface area contributed by atoms with Crippen LogP contribution in [-0.2, 0) is 7.05 Å². The maximum atomic E-state index is 13.0. The molecule has 34 heavy (non-hydrogen) atoms. The van der Waals surface area contributed by atoms with Crippen LogP contribution in [0.5, 0.6) is 0 Å². The average Bonchev–Trinajstić information content (AvgIpc) is 3.48. The molecule has 0 aliphatic carbocycles. The lowest BCUT2D eigenvalue weighted by Crippen LogP contribution is -2.34. The largest absolute Gasteiger partial charge is 0.337 e. The summed E-state index contributed by atoms with van der Waals surface area (Å²) in [5, 5.41) is 11.9. The van der Waals surface area contributed by atoms with E-state index in [9.17, 15) is 9.59 Å². The number of carbonyl (C=O) groups excluding carboxylic acids is 2. The molecular weight excluding hydrogens is 450 g/mol. The Hall–Kier alpha value is -3.24. The zero-order valence-corrected chi connectivity index (χ0v) is 20.6. The molecule has 3 aromatic rings. The third-order valence-corrected chi connectivity index (χ3v) is 7.19. The number of thioether (sulfide) groups is 1. The number of aryl methyl sites for hydroxylation is 1. The first-order valence-corrected chi connectivity index (χ1v) is 12.0. The van der Waals surface area contributed by atoms with E-state index in [4.69, 9.17) is 0 Å². The van der Waals surface area contributed by atoms with Crippen LogP contribution in [0, 0.1) is 0 Å². The van der Waals surface area contributed by atoms with Crippen LogP contribution in [0.2, 0.25) is 0 Å². The predicted octanol–water partition coefficient (Wildman–Crippen LogP) is 3.09. The van der Waals surface area contributed by atoms with Gasteiger partial charge in [-0.3, -0.25) is 14.6 Å². The molecule has 1 aliphatic rings. The molecule has 0 spiro atoms. The van der Waals surface area contributed by atoms with Gasteiger partial charge in [-0.05, 0) is 57.3 Å². The van der Waals surface area contributed by atoms with Gasteiger partial charge in [0.25, 0.3) is 11.8 Å². The molecule has 1 aromatic carbocycles. The monoisotopic (exact) mass is 479 g/mol. The summed E-state index contributed by atoms with van der Waals surface area (Å²) in [6.07, 6.45) is 4.13. The third kappa shape index (κ3) is 5.45. The number of hydrogen-bond acceptors (Lipinski definition) is 7. The van der Waals surface area contributed by atoms with Gasteiger partial charge in [0.05, 0.1) is 0 Å². The van der Waals surface area contributed by atoms with Gasteiger partial charge in [0, 0.05) is 48.9 Å². The van der Waals surface area contributed by atoms with Gasteiger partial charge in [-0.1, -0.05) is 23.9 Å². The normalized spacial score (nSPS) is 16.6. The van der Waals surface area contributed by atoms with Crippen molar-refractivity contribution in [3.63, 3.8) is 0 Å². The summed E-state index contributed by atoms with van der Waals surface area (Å²) in [6, 6.07) is 11.3. The van der Waals surface area contributed by atoms with E-state index in [0.29, 0.717) is 30.4 Å². The van der Waals surface area contributed by atoms with Crippen LogP contribution in [-0.4, -0.2) is 74.6 Å². The molecule has 0 radical (unpaired) electrons. The Labute approximate surface area is 203 Å². The molecule has 2 atom stereocenters. The molecule has 3 heterocycles. The first-order chi connectivity index (χ1) is 16.3. The summed E-state index contributed by atoms with van der Waals surface area (Å²) in [4.78, 5) is 34.0. The lowest BCUT2D eigenvalue weighted by atomic mass is 10.1. The lowest BCUT2D eigenvalue weighted by molar-refractivity contribution is 0.0783. The smallest absolute Gasteiger partial charge is 0.274 e. The minimum Gasteiger partial charge on any atom is -0.337 e. The zero-order valence-electron chi connectivity index (χ0n) is 19.8. The summed E-state index contributed by atoms with van der Waals surface area (Å²) >= 11 is 1.59. The second kappa shape index (κ2) is 10.4. The van der Waals surface area contributed by atoms with Gasteiger partial charge in [0.1, 0.15) is 12.0 Å². The molecule has 4 rings (SSSR count). The first-order valence-electron chi connectivity index (χ1n) is 11.2. The predicted molar refractivity (Wildman–Crippen MR) is 132 cm³/mol. The Bertz CT molecular complexity index is 1180. The maximum Gasteiger partial charge on any atom is 0.274 e. The number of nitrogens with one attached hydrogen (secondary N) is 1. The molecule has 178 valence electrons. The zero-order chi connectivity index (χ0) is 24.2. The van der Waals surface area contributed by atoms with Crippen LogP contribution in [0.1, 0.15) is 45.0 Å². The van der Waals surface area contributed by atoms with Crippen LogP contribution >= 0.6 is 11.8 Å². The Morgan fingerprint density at radius 2 is 2.06 bits per heavy atom. The molecule has 0 bridgehead atoms. The van der Waals surface area contributed by atoms with E-state index in [2.05, 4.69) is 32.3 Å². The molecule has 1 aliphatic heterocycles. The van der Waals surface area contributed by atoms with E-state index in [0.717, 1.165) is 17.1 Å². The van der Waals surface area contributed by atoms with Gasteiger partial charge >= 0.3 is 0 Å². The molecule has 10 heteroatoms. The number of likely N-dealkylation sites (N-methyl/N-ethyl adjacent to an activating group) is 1. The topological polar surface area (TPSA) is 96.2 Å². The van der Waals surface area contributed by atoms with Crippen LogP contribution < -0.4 is 5.32 Å². The fourth-order valence-electron chi connectivity index (χ4n) is 3.89. The molecule has 9 nitrogen and oxygen atoms in total. The quantitative estimate of drug-likeness (QED) is 0.520. The van der Waals surface area contributed by atoms with E-state index in [-0.39, 0.29) is 22.8 Å².